The van der Waals surface area contributed by atoms with Crippen LogP contribution in [0.15, 0.2) is 78.9 Å². The summed E-state index contributed by atoms with van der Waals surface area (Å²) in [6.07, 6.45) is 5.12. The minimum Gasteiger partial charge on any atom is -0.446 e. The van der Waals surface area contributed by atoms with Crippen LogP contribution in [0.3, 0.4) is 0 Å². The van der Waals surface area contributed by atoms with Crippen molar-refractivity contribution < 1.29 is 19.1 Å². The third-order valence-electron chi connectivity index (χ3n) is 9.51. The van der Waals surface area contributed by atoms with E-state index in [4.69, 9.17) is 4.74 Å². The van der Waals surface area contributed by atoms with Crippen LogP contribution in [0, 0.1) is 5.92 Å². The van der Waals surface area contributed by atoms with Gasteiger partial charge in [-0.1, -0.05) is 72.8 Å². The van der Waals surface area contributed by atoms with Crippen molar-refractivity contribution in [3.63, 3.8) is 0 Å². The van der Waals surface area contributed by atoms with Gasteiger partial charge in [-0.3, -0.25) is 19.8 Å². The largest absolute Gasteiger partial charge is 0.446 e. The standard InChI is InChI=1S/C38H47N5O4/c44-36(30-12-10-28(11-13-30)27-43-21-16-31(17-22-43)37(45)40-32-14-15-32)26-39-20-25-42-23-18-33(19-24-42)47-38(46)41-35-9-5-4-8-34(35)29-6-2-1-3-7-29/h1-13,31-33,39H,14-27H2,(H,40,45)(H,41,46). The van der Waals surface area contributed by atoms with Crippen LogP contribution in [0.5, 0.6) is 0 Å². The fourth-order valence-corrected chi connectivity index (χ4v) is 6.50. The highest BCUT2D eigenvalue weighted by Crippen LogP contribution is 2.28. The Morgan fingerprint density at radius 3 is 2.15 bits per heavy atom. The lowest BCUT2D eigenvalue weighted by Gasteiger charge is -2.31. The maximum atomic E-state index is 12.8. The van der Waals surface area contributed by atoms with Gasteiger partial charge in [-0.05, 0) is 68.8 Å². The summed E-state index contributed by atoms with van der Waals surface area (Å²) in [7, 11) is 0. The van der Waals surface area contributed by atoms with Crippen molar-refractivity contribution in [2.45, 2.75) is 57.2 Å². The van der Waals surface area contributed by atoms with Crippen LogP contribution in [0.2, 0.25) is 0 Å². The van der Waals surface area contributed by atoms with E-state index in [1.807, 2.05) is 78.9 Å². The molecule has 1 aliphatic carbocycles. The average Bonchev–Trinajstić information content (AvgIpc) is 3.92. The van der Waals surface area contributed by atoms with Gasteiger partial charge < -0.3 is 20.3 Å². The predicted molar refractivity (Wildman–Crippen MR) is 184 cm³/mol. The third kappa shape index (κ3) is 9.73. The van der Waals surface area contributed by atoms with E-state index >= 15 is 0 Å². The zero-order chi connectivity index (χ0) is 32.4. The maximum absolute atomic E-state index is 12.8. The summed E-state index contributed by atoms with van der Waals surface area (Å²) in [5.74, 6) is 0.473. The molecular formula is C38H47N5O4. The molecular weight excluding hydrogens is 590 g/mol. The van der Waals surface area contributed by atoms with Gasteiger partial charge in [-0.2, -0.15) is 0 Å². The smallest absolute Gasteiger partial charge is 0.411 e. The molecule has 0 bridgehead atoms. The first kappa shape index (κ1) is 32.9. The van der Waals surface area contributed by atoms with Crippen molar-refractivity contribution in [2.75, 3.05) is 51.1 Å². The fraction of sp³-hybridized carbons (Fsp3) is 0.447. The Labute approximate surface area is 278 Å². The summed E-state index contributed by atoms with van der Waals surface area (Å²) in [6, 6.07) is 26.1. The van der Waals surface area contributed by atoms with Crippen molar-refractivity contribution in [2.24, 2.45) is 5.92 Å². The predicted octanol–water partition coefficient (Wildman–Crippen LogP) is 5.33. The van der Waals surface area contributed by atoms with Crippen LogP contribution in [0.1, 0.15) is 54.4 Å². The van der Waals surface area contributed by atoms with Crippen molar-refractivity contribution in [3.05, 3.63) is 90.0 Å². The van der Waals surface area contributed by atoms with E-state index in [-0.39, 0.29) is 23.7 Å². The molecule has 3 aliphatic rings. The molecule has 1 saturated carbocycles. The van der Waals surface area contributed by atoms with Gasteiger partial charge >= 0.3 is 6.09 Å². The Morgan fingerprint density at radius 2 is 1.43 bits per heavy atom. The average molecular weight is 638 g/mol. The lowest BCUT2D eigenvalue weighted by molar-refractivity contribution is -0.126. The molecule has 6 rings (SSSR count). The first-order valence-corrected chi connectivity index (χ1v) is 17.2. The van der Waals surface area contributed by atoms with Crippen LogP contribution in [-0.2, 0) is 16.1 Å². The van der Waals surface area contributed by atoms with E-state index in [9.17, 15) is 14.4 Å². The Morgan fingerprint density at radius 1 is 0.745 bits per heavy atom. The number of Topliss-reactive ketones (excluding diaryl/α,β-unsaturated/α-hetero) is 1. The second-order valence-electron chi connectivity index (χ2n) is 13.1. The number of amides is 2. The zero-order valence-electron chi connectivity index (χ0n) is 27.2. The molecule has 3 aromatic rings. The second-order valence-corrected chi connectivity index (χ2v) is 13.1. The number of carbonyl (C=O) groups is 3. The number of piperidine rings is 2. The summed E-state index contributed by atoms with van der Waals surface area (Å²) < 4.78 is 5.76. The van der Waals surface area contributed by atoms with E-state index < -0.39 is 6.09 Å². The molecule has 0 unspecified atom stereocenters. The van der Waals surface area contributed by atoms with Crippen LogP contribution in [-0.4, -0.2) is 85.5 Å². The highest BCUT2D eigenvalue weighted by atomic mass is 16.6. The van der Waals surface area contributed by atoms with E-state index in [0.29, 0.717) is 12.6 Å². The van der Waals surface area contributed by atoms with E-state index in [1.54, 1.807) is 0 Å². The SMILES string of the molecule is O=C(Nc1ccccc1-c1ccccc1)OC1CCN(CCNCC(=O)c2ccc(CN3CCC(C(=O)NC4CC4)CC3)cc2)CC1. The molecule has 3 aromatic carbocycles. The Bertz CT molecular complexity index is 1480. The van der Waals surface area contributed by atoms with E-state index in [2.05, 4.69) is 25.8 Å². The number of para-hydroxylation sites is 1. The number of hydrogen-bond acceptors (Lipinski definition) is 7. The Balaban J connectivity index is 0.841. The molecule has 0 radical (unpaired) electrons. The summed E-state index contributed by atoms with van der Waals surface area (Å²) in [5.41, 5.74) is 4.65. The number of nitrogens with one attached hydrogen (secondary N) is 3. The topological polar surface area (TPSA) is 103 Å². The molecule has 2 amide bonds. The molecule has 0 atom stereocenters. The van der Waals surface area contributed by atoms with Crippen LogP contribution < -0.4 is 16.0 Å². The summed E-state index contributed by atoms with van der Waals surface area (Å²) in [6.45, 7) is 6.27. The van der Waals surface area contributed by atoms with Crippen LogP contribution in [0.25, 0.3) is 11.1 Å². The number of ether oxygens (including phenoxy) is 1. The molecule has 0 aromatic heterocycles. The quantitative estimate of drug-likeness (QED) is 0.172. The Kier molecular flexibility index (Phi) is 11.3. The van der Waals surface area contributed by atoms with Crippen molar-refractivity contribution >= 4 is 23.5 Å². The van der Waals surface area contributed by atoms with E-state index in [0.717, 1.165) is 107 Å². The molecule has 3 fully saturated rings. The molecule has 0 spiro atoms. The number of benzene rings is 3. The van der Waals surface area contributed by atoms with Gasteiger partial charge in [-0.25, -0.2) is 4.79 Å². The van der Waals surface area contributed by atoms with Crippen LogP contribution in [0.4, 0.5) is 10.5 Å². The first-order chi connectivity index (χ1) is 23.0. The van der Waals surface area contributed by atoms with Gasteiger partial charge in [0, 0.05) is 55.8 Å². The number of carbonyl (C=O) groups excluding carboxylic acids is 3. The zero-order valence-corrected chi connectivity index (χ0v) is 27.2. The summed E-state index contributed by atoms with van der Waals surface area (Å²) >= 11 is 0. The minimum atomic E-state index is -0.422. The number of nitrogens with zero attached hydrogens (tertiary/aromatic N) is 2. The monoisotopic (exact) mass is 637 g/mol. The summed E-state index contributed by atoms with van der Waals surface area (Å²) in [5, 5.41) is 9.38. The molecule has 47 heavy (non-hydrogen) atoms. The number of ketones is 1. The van der Waals surface area contributed by atoms with Crippen molar-refractivity contribution in [1.82, 2.24) is 20.4 Å². The normalized spacial score (nSPS) is 18.0. The van der Waals surface area contributed by atoms with Gasteiger partial charge in [0.05, 0.1) is 12.2 Å². The molecule has 9 heteroatoms. The number of hydrogen-bond donors (Lipinski definition) is 3. The van der Waals surface area contributed by atoms with Gasteiger partial charge in [0.15, 0.2) is 5.78 Å². The summed E-state index contributed by atoms with van der Waals surface area (Å²) in [4.78, 5) is 42.6. The number of anilines is 1. The second kappa shape index (κ2) is 16.2. The van der Waals surface area contributed by atoms with Gasteiger partial charge in [0.1, 0.15) is 6.10 Å². The highest BCUT2D eigenvalue weighted by Gasteiger charge is 2.30. The molecule has 248 valence electrons. The van der Waals surface area contributed by atoms with E-state index in [1.165, 1.54) is 5.56 Å². The Hall–Kier alpha value is -4.05. The number of likely N-dealkylation sites (tertiary alicyclic amines) is 2. The molecule has 2 heterocycles. The lowest BCUT2D eigenvalue weighted by Crippen LogP contribution is -2.42. The highest BCUT2D eigenvalue weighted by molar-refractivity contribution is 5.97. The molecule has 2 saturated heterocycles. The van der Waals surface area contributed by atoms with Gasteiger partial charge in [0.2, 0.25) is 5.91 Å². The molecule has 2 aliphatic heterocycles. The van der Waals surface area contributed by atoms with Crippen molar-refractivity contribution in [3.8, 4) is 11.1 Å². The minimum absolute atomic E-state index is 0.0889. The maximum Gasteiger partial charge on any atom is 0.411 e. The molecule has 3 N–H and O–H groups in total. The van der Waals surface area contributed by atoms with Gasteiger partial charge in [-0.15, -0.1) is 0 Å². The molecule has 9 nitrogen and oxygen atoms in total. The van der Waals surface area contributed by atoms with Crippen molar-refractivity contribution in [1.29, 1.82) is 0 Å². The van der Waals surface area contributed by atoms with Crippen LogP contribution >= 0.6 is 0 Å². The first-order valence-electron chi connectivity index (χ1n) is 17.2. The third-order valence-corrected chi connectivity index (χ3v) is 9.51. The van der Waals surface area contributed by atoms with Gasteiger partial charge in [0.25, 0.3) is 0 Å². The number of rotatable bonds is 13. The lowest BCUT2D eigenvalue weighted by atomic mass is 9.95. The fourth-order valence-electron chi connectivity index (χ4n) is 6.50.